The summed E-state index contributed by atoms with van der Waals surface area (Å²) in [5.74, 6) is 0. The van der Waals surface area contributed by atoms with Crippen molar-refractivity contribution in [2.75, 3.05) is 0 Å². The van der Waals surface area contributed by atoms with Crippen LogP contribution in [0.4, 0.5) is 0 Å². The van der Waals surface area contributed by atoms with Crippen molar-refractivity contribution >= 4 is 27.3 Å². The fourth-order valence-corrected chi connectivity index (χ4v) is 2.95. The molecule has 1 heterocycles. The minimum absolute atomic E-state index is 0.178. The molecule has 1 aromatic heterocycles. The lowest BCUT2D eigenvalue weighted by atomic mass is 10.1. The van der Waals surface area contributed by atoms with E-state index in [4.69, 9.17) is 0 Å². The number of nitrogens with zero attached hydrogens (tertiary/aromatic N) is 1. The molecule has 2 nitrogen and oxygen atoms in total. The van der Waals surface area contributed by atoms with Crippen molar-refractivity contribution in [2.24, 2.45) is 0 Å². The Morgan fingerprint density at radius 3 is 2.39 bits per heavy atom. The van der Waals surface area contributed by atoms with Gasteiger partial charge in [-0.1, -0.05) is 28.1 Å². The smallest absolute Gasteiger partial charge is 0.114 e. The number of aryl methyl sites for hydroxylation is 1. The van der Waals surface area contributed by atoms with Gasteiger partial charge in [-0.25, -0.2) is 4.98 Å². The largest absolute Gasteiger partial charge is 0.302 e. The number of hydrogen-bond acceptors (Lipinski definition) is 3. The number of rotatable bonds is 4. The molecule has 0 fully saturated rings. The van der Waals surface area contributed by atoms with Gasteiger partial charge in [0.15, 0.2) is 0 Å². The van der Waals surface area contributed by atoms with Crippen LogP contribution in [-0.4, -0.2) is 11.0 Å². The summed E-state index contributed by atoms with van der Waals surface area (Å²) >= 11 is 5.19. The Labute approximate surface area is 121 Å². The van der Waals surface area contributed by atoms with E-state index in [1.54, 1.807) is 11.3 Å². The molecule has 96 valence electrons. The van der Waals surface area contributed by atoms with Crippen molar-refractivity contribution in [3.05, 3.63) is 50.4 Å². The Hall–Kier alpha value is -0.710. The van der Waals surface area contributed by atoms with E-state index >= 15 is 0 Å². The van der Waals surface area contributed by atoms with Crippen molar-refractivity contribution in [2.45, 2.75) is 32.9 Å². The van der Waals surface area contributed by atoms with Crippen LogP contribution in [0.15, 0.2) is 34.1 Å². The third-order valence-electron chi connectivity index (χ3n) is 2.59. The molecule has 1 N–H and O–H groups in total. The van der Waals surface area contributed by atoms with E-state index in [-0.39, 0.29) is 6.04 Å². The first-order valence-electron chi connectivity index (χ1n) is 6.00. The summed E-state index contributed by atoms with van der Waals surface area (Å²) < 4.78 is 1.10. The van der Waals surface area contributed by atoms with Gasteiger partial charge in [-0.15, -0.1) is 11.3 Å². The Bertz CT molecular complexity index is 505. The molecule has 0 aliphatic rings. The van der Waals surface area contributed by atoms with Gasteiger partial charge >= 0.3 is 0 Å². The van der Waals surface area contributed by atoms with Crippen molar-refractivity contribution in [1.29, 1.82) is 0 Å². The van der Waals surface area contributed by atoms with Crippen LogP contribution < -0.4 is 5.32 Å². The van der Waals surface area contributed by atoms with Gasteiger partial charge in [0.1, 0.15) is 5.01 Å². The van der Waals surface area contributed by atoms with Gasteiger partial charge < -0.3 is 5.32 Å². The molecule has 1 unspecified atom stereocenters. The monoisotopic (exact) mass is 324 g/mol. The van der Waals surface area contributed by atoms with E-state index in [0.29, 0.717) is 6.04 Å². The quantitative estimate of drug-likeness (QED) is 0.906. The zero-order chi connectivity index (χ0) is 13.1. The second-order valence-corrected chi connectivity index (χ2v) is 6.44. The van der Waals surface area contributed by atoms with Crippen LogP contribution in [0.5, 0.6) is 0 Å². The lowest BCUT2D eigenvalue weighted by molar-refractivity contribution is 0.526. The molecule has 0 amide bonds. The molecule has 1 aromatic carbocycles. The first-order valence-corrected chi connectivity index (χ1v) is 7.67. The third-order valence-corrected chi connectivity index (χ3v) is 4.14. The van der Waals surface area contributed by atoms with Gasteiger partial charge in [0.25, 0.3) is 0 Å². The van der Waals surface area contributed by atoms with Crippen LogP contribution >= 0.6 is 27.3 Å². The highest BCUT2D eigenvalue weighted by Crippen LogP contribution is 2.26. The lowest BCUT2D eigenvalue weighted by Gasteiger charge is -2.19. The molecular formula is C14H17BrN2S. The zero-order valence-corrected chi connectivity index (χ0v) is 13.2. The molecule has 0 bridgehead atoms. The van der Waals surface area contributed by atoms with Crippen LogP contribution in [0.2, 0.25) is 0 Å². The molecule has 0 aliphatic carbocycles. The SMILES string of the molecule is Cc1csc(C(NC(C)C)c2ccc(Br)cc2)n1. The van der Waals surface area contributed by atoms with Crippen LogP contribution in [0.25, 0.3) is 0 Å². The highest BCUT2D eigenvalue weighted by Gasteiger charge is 2.17. The first kappa shape index (κ1) is 13.7. The summed E-state index contributed by atoms with van der Waals surface area (Å²) in [6.45, 7) is 6.35. The molecule has 0 saturated carbocycles. The second kappa shape index (κ2) is 5.95. The molecule has 0 aliphatic heterocycles. The summed E-state index contributed by atoms with van der Waals surface area (Å²) in [5, 5.41) is 6.81. The zero-order valence-electron chi connectivity index (χ0n) is 10.8. The van der Waals surface area contributed by atoms with Gasteiger partial charge in [0, 0.05) is 21.6 Å². The fraction of sp³-hybridized carbons (Fsp3) is 0.357. The standard InChI is InChI=1S/C14H17BrN2S/c1-9(2)16-13(14-17-10(3)8-18-14)11-4-6-12(15)7-5-11/h4-9,13,16H,1-3H3. The molecule has 0 saturated heterocycles. The summed E-state index contributed by atoms with van der Waals surface area (Å²) in [4.78, 5) is 4.61. The maximum Gasteiger partial charge on any atom is 0.114 e. The van der Waals surface area contributed by atoms with Crippen LogP contribution in [0.1, 0.15) is 36.2 Å². The Balaban J connectivity index is 2.33. The summed E-state index contributed by atoms with van der Waals surface area (Å²) in [7, 11) is 0. The minimum atomic E-state index is 0.178. The molecule has 0 spiro atoms. The predicted octanol–water partition coefficient (Wildman–Crippen LogP) is 4.30. The molecular weight excluding hydrogens is 308 g/mol. The minimum Gasteiger partial charge on any atom is -0.302 e. The first-order chi connectivity index (χ1) is 8.56. The predicted molar refractivity (Wildman–Crippen MR) is 81.1 cm³/mol. The van der Waals surface area contributed by atoms with Gasteiger partial charge in [-0.2, -0.15) is 0 Å². The van der Waals surface area contributed by atoms with E-state index in [9.17, 15) is 0 Å². The molecule has 18 heavy (non-hydrogen) atoms. The average molecular weight is 325 g/mol. The summed E-state index contributed by atoms with van der Waals surface area (Å²) in [6, 6.07) is 9.02. The van der Waals surface area contributed by atoms with E-state index in [0.717, 1.165) is 15.2 Å². The maximum absolute atomic E-state index is 4.61. The topological polar surface area (TPSA) is 24.9 Å². The summed E-state index contributed by atoms with van der Waals surface area (Å²) in [6.07, 6.45) is 0. The van der Waals surface area contributed by atoms with E-state index < -0.39 is 0 Å². The van der Waals surface area contributed by atoms with Gasteiger partial charge in [-0.3, -0.25) is 0 Å². The van der Waals surface area contributed by atoms with Gasteiger partial charge in [-0.05, 0) is 38.5 Å². The van der Waals surface area contributed by atoms with Gasteiger partial charge in [0.2, 0.25) is 0 Å². The van der Waals surface area contributed by atoms with E-state index in [1.165, 1.54) is 5.56 Å². The van der Waals surface area contributed by atoms with Crippen molar-refractivity contribution in [1.82, 2.24) is 10.3 Å². The van der Waals surface area contributed by atoms with Crippen molar-refractivity contribution in [3.8, 4) is 0 Å². The molecule has 0 radical (unpaired) electrons. The van der Waals surface area contributed by atoms with E-state index in [1.807, 2.05) is 6.92 Å². The number of halogens is 1. The highest BCUT2D eigenvalue weighted by molar-refractivity contribution is 9.10. The number of thiazole rings is 1. The fourth-order valence-electron chi connectivity index (χ4n) is 1.80. The normalized spacial score (nSPS) is 12.9. The third kappa shape index (κ3) is 3.40. The van der Waals surface area contributed by atoms with Crippen LogP contribution in [0, 0.1) is 6.92 Å². The Morgan fingerprint density at radius 2 is 1.89 bits per heavy atom. The van der Waals surface area contributed by atoms with Crippen LogP contribution in [0.3, 0.4) is 0 Å². The number of hydrogen-bond donors (Lipinski definition) is 1. The maximum atomic E-state index is 4.61. The lowest BCUT2D eigenvalue weighted by Crippen LogP contribution is -2.28. The van der Waals surface area contributed by atoms with Crippen molar-refractivity contribution < 1.29 is 0 Å². The molecule has 2 rings (SSSR count). The average Bonchev–Trinajstić information content (AvgIpc) is 2.74. The van der Waals surface area contributed by atoms with Crippen LogP contribution in [-0.2, 0) is 0 Å². The van der Waals surface area contributed by atoms with E-state index in [2.05, 4.69) is 69.7 Å². The van der Waals surface area contributed by atoms with Crippen molar-refractivity contribution in [3.63, 3.8) is 0 Å². The number of aromatic nitrogens is 1. The highest BCUT2D eigenvalue weighted by atomic mass is 79.9. The Morgan fingerprint density at radius 1 is 1.22 bits per heavy atom. The summed E-state index contributed by atoms with van der Waals surface area (Å²) in [5.41, 5.74) is 2.34. The molecule has 1 atom stereocenters. The molecule has 4 heteroatoms. The Kier molecular flexibility index (Phi) is 4.54. The number of nitrogens with one attached hydrogen (secondary N) is 1. The second-order valence-electron chi connectivity index (χ2n) is 4.63. The number of benzene rings is 1. The van der Waals surface area contributed by atoms with Gasteiger partial charge in [0.05, 0.1) is 6.04 Å². The molecule has 2 aromatic rings.